The summed E-state index contributed by atoms with van der Waals surface area (Å²) in [5.74, 6) is -1.02. The Morgan fingerprint density at radius 2 is 2.00 bits per heavy atom. The molecule has 0 atom stereocenters. The quantitative estimate of drug-likeness (QED) is 0.375. The molecule has 8 heteroatoms. The van der Waals surface area contributed by atoms with Crippen LogP contribution in [0, 0.1) is 10.1 Å². The third kappa shape index (κ3) is 4.60. The van der Waals surface area contributed by atoms with Crippen LogP contribution in [-0.2, 0) is 4.74 Å². The van der Waals surface area contributed by atoms with Crippen molar-refractivity contribution in [1.29, 1.82) is 0 Å². The van der Waals surface area contributed by atoms with E-state index < -0.39 is 10.9 Å². The van der Waals surface area contributed by atoms with Crippen molar-refractivity contribution in [3.63, 3.8) is 0 Å². The van der Waals surface area contributed by atoms with Crippen LogP contribution in [0.15, 0.2) is 48.8 Å². The molecule has 0 radical (unpaired) electrons. The third-order valence-electron chi connectivity index (χ3n) is 2.84. The molecular formula is C15H13N3O5. The lowest BCUT2D eigenvalue weighted by molar-refractivity contribution is -0.384. The number of nitro groups is 1. The van der Waals surface area contributed by atoms with E-state index in [1.807, 2.05) is 0 Å². The van der Waals surface area contributed by atoms with E-state index in [1.165, 1.54) is 24.4 Å². The van der Waals surface area contributed by atoms with Gasteiger partial charge in [-0.1, -0.05) is 6.07 Å². The Morgan fingerprint density at radius 1 is 1.22 bits per heavy atom. The van der Waals surface area contributed by atoms with Crippen LogP contribution in [0.2, 0.25) is 0 Å². The fraction of sp³-hybridized carbons (Fsp3) is 0.133. The molecule has 0 unspecified atom stereocenters. The van der Waals surface area contributed by atoms with Crippen LogP contribution in [0.4, 0.5) is 5.69 Å². The van der Waals surface area contributed by atoms with Gasteiger partial charge in [0.25, 0.3) is 11.6 Å². The normalized spacial score (nSPS) is 9.91. The highest BCUT2D eigenvalue weighted by Gasteiger charge is 2.12. The number of carbonyl (C=O) groups excluding carboxylic acids is 2. The summed E-state index contributed by atoms with van der Waals surface area (Å²) in [5.41, 5.74) is 0.291. The van der Waals surface area contributed by atoms with Crippen LogP contribution in [0.1, 0.15) is 20.7 Å². The molecule has 0 bridgehead atoms. The molecule has 2 aromatic rings. The van der Waals surface area contributed by atoms with Crippen molar-refractivity contribution in [1.82, 2.24) is 10.3 Å². The first kappa shape index (κ1) is 16.1. The zero-order valence-electron chi connectivity index (χ0n) is 12.0. The predicted molar refractivity (Wildman–Crippen MR) is 79.9 cm³/mol. The predicted octanol–water partition coefficient (Wildman–Crippen LogP) is 1.58. The number of nitrogens with zero attached hydrogens (tertiary/aromatic N) is 2. The van der Waals surface area contributed by atoms with Crippen molar-refractivity contribution < 1.29 is 19.2 Å². The van der Waals surface area contributed by atoms with Crippen LogP contribution in [0.3, 0.4) is 0 Å². The summed E-state index contributed by atoms with van der Waals surface area (Å²) in [6.45, 7) is 0.0714. The zero-order chi connectivity index (χ0) is 16.7. The first-order valence-electron chi connectivity index (χ1n) is 6.68. The van der Waals surface area contributed by atoms with Gasteiger partial charge in [-0.05, 0) is 18.2 Å². The molecule has 0 aliphatic heterocycles. The number of pyridine rings is 1. The van der Waals surface area contributed by atoms with Gasteiger partial charge in [0.15, 0.2) is 0 Å². The molecule has 1 heterocycles. The van der Waals surface area contributed by atoms with Gasteiger partial charge in [0.1, 0.15) is 6.61 Å². The molecule has 1 aromatic heterocycles. The Morgan fingerprint density at radius 3 is 2.70 bits per heavy atom. The van der Waals surface area contributed by atoms with E-state index in [-0.39, 0.29) is 30.3 Å². The Hall–Kier alpha value is -3.29. The second-order valence-corrected chi connectivity index (χ2v) is 4.44. The molecule has 1 N–H and O–H groups in total. The Bertz CT molecular complexity index is 718. The fourth-order valence-electron chi connectivity index (χ4n) is 1.74. The minimum atomic E-state index is -0.690. The summed E-state index contributed by atoms with van der Waals surface area (Å²) in [7, 11) is 0. The lowest BCUT2D eigenvalue weighted by atomic mass is 10.2. The average Bonchev–Trinajstić information content (AvgIpc) is 2.59. The van der Waals surface area contributed by atoms with Gasteiger partial charge in [0, 0.05) is 24.5 Å². The molecular weight excluding hydrogens is 302 g/mol. The number of ether oxygens (including phenoxy) is 1. The second kappa shape index (κ2) is 7.64. The van der Waals surface area contributed by atoms with Crippen molar-refractivity contribution in [2.75, 3.05) is 13.2 Å². The van der Waals surface area contributed by atoms with Gasteiger partial charge in [-0.2, -0.15) is 0 Å². The summed E-state index contributed by atoms with van der Waals surface area (Å²) in [6.07, 6.45) is 2.97. The number of amides is 1. The smallest absolute Gasteiger partial charge is 0.338 e. The highest BCUT2D eigenvalue weighted by molar-refractivity contribution is 5.93. The number of carbonyl (C=O) groups is 2. The SMILES string of the molecule is O=C(NCCOC(=O)c1cccc([N+](=O)[O-])c1)c1cccnc1. The average molecular weight is 315 g/mol. The standard InChI is InChI=1S/C15H13N3O5/c19-14(12-4-2-6-16-10-12)17-7-8-23-15(20)11-3-1-5-13(9-11)18(21)22/h1-6,9-10H,7-8H2,(H,17,19). The van der Waals surface area contributed by atoms with Crippen LogP contribution in [0.5, 0.6) is 0 Å². The first-order chi connectivity index (χ1) is 11.1. The van der Waals surface area contributed by atoms with Crippen molar-refractivity contribution in [2.45, 2.75) is 0 Å². The summed E-state index contributed by atoms with van der Waals surface area (Å²) in [4.78, 5) is 37.4. The molecule has 0 spiro atoms. The van der Waals surface area contributed by atoms with Crippen molar-refractivity contribution in [2.24, 2.45) is 0 Å². The van der Waals surface area contributed by atoms with Gasteiger partial charge in [0.2, 0.25) is 0 Å². The summed E-state index contributed by atoms with van der Waals surface area (Å²) in [6, 6.07) is 8.48. The van der Waals surface area contributed by atoms with Gasteiger partial charge < -0.3 is 10.1 Å². The summed E-state index contributed by atoms with van der Waals surface area (Å²) >= 11 is 0. The number of aromatic nitrogens is 1. The number of rotatable bonds is 6. The molecule has 0 saturated heterocycles. The molecule has 0 fully saturated rings. The van der Waals surface area contributed by atoms with E-state index in [9.17, 15) is 19.7 Å². The monoisotopic (exact) mass is 315 g/mol. The molecule has 2 rings (SSSR count). The van der Waals surface area contributed by atoms with E-state index >= 15 is 0 Å². The van der Waals surface area contributed by atoms with Crippen LogP contribution >= 0.6 is 0 Å². The molecule has 1 aromatic carbocycles. The maximum Gasteiger partial charge on any atom is 0.338 e. The topological polar surface area (TPSA) is 111 Å². The van der Waals surface area contributed by atoms with E-state index in [2.05, 4.69) is 10.3 Å². The van der Waals surface area contributed by atoms with Gasteiger partial charge in [0.05, 0.1) is 22.6 Å². The van der Waals surface area contributed by atoms with E-state index in [0.29, 0.717) is 5.56 Å². The summed E-state index contributed by atoms with van der Waals surface area (Å²) < 4.78 is 4.96. The van der Waals surface area contributed by atoms with E-state index in [1.54, 1.807) is 18.3 Å². The Labute approximate surface area is 131 Å². The number of non-ortho nitro benzene ring substituents is 1. The maximum atomic E-state index is 11.8. The molecule has 8 nitrogen and oxygen atoms in total. The molecule has 118 valence electrons. The van der Waals surface area contributed by atoms with Crippen molar-refractivity contribution >= 4 is 17.6 Å². The molecule has 23 heavy (non-hydrogen) atoms. The number of hydrogen-bond acceptors (Lipinski definition) is 6. The van der Waals surface area contributed by atoms with Crippen molar-refractivity contribution in [3.05, 3.63) is 70.0 Å². The first-order valence-corrected chi connectivity index (χ1v) is 6.68. The minimum Gasteiger partial charge on any atom is -0.460 e. The van der Waals surface area contributed by atoms with Crippen molar-refractivity contribution in [3.8, 4) is 0 Å². The number of esters is 1. The zero-order valence-corrected chi connectivity index (χ0v) is 12.0. The van der Waals surface area contributed by atoms with Gasteiger partial charge >= 0.3 is 5.97 Å². The second-order valence-electron chi connectivity index (χ2n) is 4.44. The van der Waals surface area contributed by atoms with Gasteiger partial charge in [-0.15, -0.1) is 0 Å². The molecule has 0 saturated carbocycles. The Balaban J connectivity index is 1.80. The van der Waals surface area contributed by atoms with Crippen LogP contribution in [0.25, 0.3) is 0 Å². The van der Waals surface area contributed by atoms with Crippen LogP contribution in [-0.4, -0.2) is 34.9 Å². The highest BCUT2D eigenvalue weighted by Crippen LogP contribution is 2.13. The molecule has 0 aliphatic carbocycles. The van der Waals surface area contributed by atoms with Gasteiger partial charge in [-0.3, -0.25) is 19.9 Å². The number of nitrogens with one attached hydrogen (secondary N) is 1. The van der Waals surface area contributed by atoms with E-state index in [0.717, 1.165) is 6.07 Å². The summed E-state index contributed by atoms with van der Waals surface area (Å²) in [5, 5.41) is 13.2. The fourth-order valence-corrected chi connectivity index (χ4v) is 1.74. The number of nitro benzene ring substituents is 1. The lowest BCUT2D eigenvalue weighted by Crippen LogP contribution is -2.28. The highest BCUT2D eigenvalue weighted by atomic mass is 16.6. The number of hydrogen-bond donors (Lipinski definition) is 1. The maximum absolute atomic E-state index is 11.8. The van der Waals surface area contributed by atoms with Crippen LogP contribution < -0.4 is 5.32 Å². The molecule has 1 amide bonds. The number of benzene rings is 1. The van der Waals surface area contributed by atoms with Gasteiger partial charge in [-0.25, -0.2) is 4.79 Å². The minimum absolute atomic E-state index is 0.0481. The lowest BCUT2D eigenvalue weighted by Gasteiger charge is -2.06. The Kier molecular flexibility index (Phi) is 5.35. The largest absolute Gasteiger partial charge is 0.460 e. The van der Waals surface area contributed by atoms with E-state index in [4.69, 9.17) is 4.74 Å². The third-order valence-corrected chi connectivity index (χ3v) is 2.84. The molecule has 0 aliphatic rings.